The Morgan fingerprint density at radius 1 is 1.17 bits per heavy atom. The van der Waals surface area contributed by atoms with Gasteiger partial charge < -0.3 is 15.2 Å². The van der Waals surface area contributed by atoms with Crippen molar-refractivity contribution in [2.75, 3.05) is 5.75 Å². The number of hydrogen-bond donors (Lipinski definition) is 2. The first-order valence-corrected chi connectivity index (χ1v) is 8.90. The van der Waals surface area contributed by atoms with Crippen LogP contribution in [-0.2, 0) is 16.0 Å². The van der Waals surface area contributed by atoms with Crippen molar-refractivity contribution < 1.29 is 19.4 Å². The van der Waals surface area contributed by atoms with Gasteiger partial charge in [-0.2, -0.15) is 11.8 Å². The lowest BCUT2D eigenvalue weighted by atomic mass is 10.0. The molecule has 0 saturated carbocycles. The molecule has 0 aliphatic rings. The summed E-state index contributed by atoms with van der Waals surface area (Å²) in [5.74, 6) is -0.311. The van der Waals surface area contributed by atoms with Crippen LogP contribution in [0.5, 0.6) is 0 Å². The first-order chi connectivity index (χ1) is 11.0. The van der Waals surface area contributed by atoms with Gasteiger partial charge in [0.25, 0.3) is 0 Å². The summed E-state index contributed by atoms with van der Waals surface area (Å²) in [5, 5.41) is 12.0. The molecule has 0 aliphatic heterocycles. The molecule has 1 aromatic rings. The highest BCUT2D eigenvalue weighted by Crippen LogP contribution is 2.29. The molecule has 0 unspecified atom stereocenters. The van der Waals surface area contributed by atoms with Crippen molar-refractivity contribution in [3.05, 3.63) is 35.9 Å². The number of carbonyl (C=O) groups excluding carboxylic acids is 1. The highest BCUT2D eigenvalue weighted by atomic mass is 32.2. The average Bonchev–Trinajstić information content (AvgIpc) is 2.43. The van der Waals surface area contributed by atoms with Gasteiger partial charge in [-0.3, -0.25) is 0 Å². The molecular weight excluding hydrogens is 326 g/mol. The fourth-order valence-electron chi connectivity index (χ4n) is 2.12. The fraction of sp³-hybridized carbons (Fsp3) is 0.556. The molecule has 5 nitrogen and oxygen atoms in total. The third-order valence-electron chi connectivity index (χ3n) is 3.31. The molecule has 1 rings (SSSR count). The van der Waals surface area contributed by atoms with Crippen LogP contribution >= 0.6 is 11.8 Å². The van der Waals surface area contributed by atoms with E-state index in [4.69, 9.17) is 4.74 Å². The van der Waals surface area contributed by atoms with Crippen LogP contribution in [0.25, 0.3) is 0 Å². The quantitative estimate of drug-likeness (QED) is 0.781. The summed E-state index contributed by atoms with van der Waals surface area (Å²) in [4.78, 5) is 23.5. The molecule has 0 aliphatic carbocycles. The molecule has 0 radical (unpaired) electrons. The first kappa shape index (κ1) is 20.4. The van der Waals surface area contributed by atoms with Crippen LogP contribution in [0.1, 0.15) is 40.2 Å². The van der Waals surface area contributed by atoms with Crippen molar-refractivity contribution in [1.82, 2.24) is 5.32 Å². The maximum absolute atomic E-state index is 11.9. The lowest BCUT2D eigenvalue weighted by Gasteiger charge is -2.32. The number of benzene rings is 1. The predicted octanol–water partition coefficient (Wildman–Crippen LogP) is 3.72. The number of thioether (sulfide) groups is 1. The molecule has 2 N–H and O–H groups in total. The van der Waals surface area contributed by atoms with Gasteiger partial charge in [0.1, 0.15) is 11.6 Å². The van der Waals surface area contributed by atoms with Gasteiger partial charge >= 0.3 is 12.1 Å². The molecule has 0 bridgehead atoms. The molecule has 1 amide bonds. The molecular formula is C18H27NO4S. The second-order valence-corrected chi connectivity index (χ2v) is 8.85. The Bertz CT molecular complexity index is 552. The third kappa shape index (κ3) is 7.25. The molecule has 0 heterocycles. The minimum atomic E-state index is -1.07. The molecule has 24 heavy (non-hydrogen) atoms. The van der Waals surface area contributed by atoms with E-state index in [1.165, 1.54) is 17.3 Å². The molecule has 0 fully saturated rings. The normalized spacial score (nSPS) is 13.2. The van der Waals surface area contributed by atoms with E-state index in [0.29, 0.717) is 0 Å². The first-order valence-electron chi connectivity index (χ1n) is 7.91. The Balaban J connectivity index is 2.64. The van der Waals surface area contributed by atoms with Gasteiger partial charge in [0.05, 0.1) is 0 Å². The molecule has 6 heteroatoms. The van der Waals surface area contributed by atoms with Gasteiger partial charge in [0.2, 0.25) is 0 Å². The maximum atomic E-state index is 11.9. The van der Waals surface area contributed by atoms with Crippen molar-refractivity contribution in [1.29, 1.82) is 0 Å². The maximum Gasteiger partial charge on any atom is 0.408 e. The number of carboxylic acids is 1. The van der Waals surface area contributed by atoms with E-state index in [2.05, 4.69) is 5.32 Å². The zero-order valence-corrected chi connectivity index (χ0v) is 15.8. The second-order valence-electron chi connectivity index (χ2n) is 7.10. The number of rotatable bonds is 7. The highest BCUT2D eigenvalue weighted by molar-refractivity contribution is 8.00. The molecule has 0 spiro atoms. The monoisotopic (exact) mass is 353 g/mol. The number of aryl methyl sites for hydroxylation is 1. The second kappa shape index (κ2) is 8.42. The van der Waals surface area contributed by atoms with Crippen LogP contribution in [0, 0.1) is 0 Å². The van der Waals surface area contributed by atoms with Crippen LogP contribution < -0.4 is 5.32 Å². The van der Waals surface area contributed by atoms with Gasteiger partial charge in [0, 0.05) is 4.75 Å². The van der Waals surface area contributed by atoms with Gasteiger partial charge in [0.15, 0.2) is 0 Å². The summed E-state index contributed by atoms with van der Waals surface area (Å²) in [5.41, 5.74) is 0.533. The Kier molecular flexibility index (Phi) is 7.14. The summed E-state index contributed by atoms with van der Waals surface area (Å²) in [6, 6.07) is 8.98. The minimum Gasteiger partial charge on any atom is -0.480 e. The zero-order valence-electron chi connectivity index (χ0n) is 15.0. The van der Waals surface area contributed by atoms with E-state index < -0.39 is 28.5 Å². The van der Waals surface area contributed by atoms with E-state index in [1.54, 1.807) is 20.8 Å². The van der Waals surface area contributed by atoms with Gasteiger partial charge in [-0.1, -0.05) is 30.3 Å². The van der Waals surface area contributed by atoms with Crippen molar-refractivity contribution in [3.63, 3.8) is 0 Å². The number of aliphatic carboxylic acids is 1. The van der Waals surface area contributed by atoms with Crippen LogP contribution in [0.2, 0.25) is 0 Å². The number of carbonyl (C=O) groups is 2. The van der Waals surface area contributed by atoms with Gasteiger partial charge in [-0.25, -0.2) is 9.59 Å². The van der Waals surface area contributed by atoms with Crippen molar-refractivity contribution in [3.8, 4) is 0 Å². The van der Waals surface area contributed by atoms with Crippen LogP contribution in [-0.4, -0.2) is 39.3 Å². The molecule has 0 aromatic heterocycles. The number of amides is 1. The summed E-state index contributed by atoms with van der Waals surface area (Å²) in [6.07, 6.45) is 0.125. The summed E-state index contributed by atoms with van der Waals surface area (Å²) >= 11 is 1.52. The number of hydrogen-bond acceptors (Lipinski definition) is 4. The van der Waals surface area contributed by atoms with Crippen molar-refractivity contribution >= 4 is 23.8 Å². The average molecular weight is 353 g/mol. The Morgan fingerprint density at radius 3 is 2.25 bits per heavy atom. The summed E-state index contributed by atoms with van der Waals surface area (Å²) < 4.78 is 4.50. The van der Waals surface area contributed by atoms with E-state index in [0.717, 1.165) is 12.2 Å². The lowest BCUT2D eigenvalue weighted by Crippen LogP contribution is -2.53. The largest absolute Gasteiger partial charge is 0.480 e. The van der Waals surface area contributed by atoms with Crippen LogP contribution in [0.4, 0.5) is 4.79 Å². The van der Waals surface area contributed by atoms with E-state index in [9.17, 15) is 14.7 Å². The smallest absolute Gasteiger partial charge is 0.408 e. The fourth-order valence-corrected chi connectivity index (χ4v) is 3.31. The molecule has 0 saturated heterocycles. The Hall–Kier alpha value is -1.69. The van der Waals surface area contributed by atoms with Gasteiger partial charge in [-0.05, 0) is 52.4 Å². The Labute approximate surface area is 148 Å². The third-order valence-corrected chi connectivity index (χ3v) is 4.70. The van der Waals surface area contributed by atoms with Crippen molar-refractivity contribution in [2.45, 2.75) is 57.4 Å². The van der Waals surface area contributed by atoms with Crippen LogP contribution in [0.15, 0.2) is 30.3 Å². The molecule has 1 aromatic carbocycles. The summed E-state index contributed by atoms with van der Waals surface area (Å²) in [6.45, 7) is 8.85. The SMILES string of the molecule is CC(C)(C)OC(=O)N[C@H](C(=O)O)C(C)(C)SCCc1ccccc1. The molecule has 1 atom stereocenters. The van der Waals surface area contributed by atoms with Gasteiger partial charge in [-0.15, -0.1) is 0 Å². The Morgan fingerprint density at radius 2 is 1.75 bits per heavy atom. The summed E-state index contributed by atoms with van der Waals surface area (Å²) in [7, 11) is 0. The van der Waals surface area contributed by atoms with Crippen molar-refractivity contribution in [2.24, 2.45) is 0 Å². The standard InChI is InChI=1S/C18H27NO4S/c1-17(2,3)23-16(22)19-14(15(20)21)18(4,5)24-12-11-13-9-7-6-8-10-13/h6-10,14H,11-12H2,1-5H3,(H,19,22)(H,20,21)/t14-/m1/s1. The topological polar surface area (TPSA) is 75.6 Å². The number of ether oxygens (including phenoxy) is 1. The number of alkyl carbamates (subject to hydrolysis) is 1. The van der Waals surface area contributed by atoms with Crippen LogP contribution in [0.3, 0.4) is 0 Å². The predicted molar refractivity (Wildman–Crippen MR) is 97.5 cm³/mol. The van der Waals surface area contributed by atoms with E-state index in [1.807, 2.05) is 44.2 Å². The highest BCUT2D eigenvalue weighted by Gasteiger charge is 2.38. The lowest BCUT2D eigenvalue weighted by molar-refractivity contribution is -0.140. The molecule has 134 valence electrons. The zero-order chi connectivity index (χ0) is 18.4. The van der Waals surface area contributed by atoms with E-state index >= 15 is 0 Å². The number of carboxylic acid groups (broad SMARTS) is 1. The van der Waals surface area contributed by atoms with E-state index in [-0.39, 0.29) is 0 Å². The minimum absolute atomic E-state index is 0.669. The number of nitrogens with one attached hydrogen (secondary N) is 1.